The number of ether oxygens (including phenoxy) is 1. The molecule has 0 aromatic heterocycles. The Labute approximate surface area is 143 Å². The van der Waals surface area contributed by atoms with Crippen molar-refractivity contribution in [2.45, 2.75) is 6.92 Å². The second-order valence-electron chi connectivity index (χ2n) is 4.97. The van der Waals surface area contributed by atoms with E-state index in [0.717, 1.165) is 5.56 Å². The lowest BCUT2D eigenvalue weighted by molar-refractivity contribution is -0.384. The van der Waals surface area contributed by atoms with E-state index >= 15 is 0 Å². The van der Waals surface area contributed by atoms with Crippen LogP contribution >= 0.6 is 11.6 Å². The molecule has 1 N–H and O–H groups in total. The highest BCUT2D eigenvalue weighted by Gasteiger charge is 2.09. The van der Waals surface area contributed by atoms with E-state index in [2.05, 4.69) is 5.32 Å². The van der Waals surface area contributed by atoms with Crippen LogP contribution in [0, 0.1) is 17.0 Å². The van der Waals surface area contributed by atoms with E-state index in [-0.39, 0.29) is 11.6 Å². The van der Waals surface area contributed by atoms with Crippen molar-refractivity contribution in [1.29, 1.82) is 0 Å². The van der Waals surface area contributed by atoms with Gasteiger partial charge in [0.2, 0.25) is 5.91 Å². The van der Waals surface area contributed by atoms with Gasteiger partial charge in [-0.15, -0.1) is 0 Å². The Balaban J connectivity index is 2.10. The molecule has 0 aliphatic rings. The van der Waals surface area contributed by atoms with E-state index in [1.165, 1.54) is 25.3 Å². The second-order valence-corrected chi connectivity index (χ2v) is 5.38. The number of nitro groups is 1. The quantitative estimate of drug-likeness (QED) is 0.499. The number of aryl methyl sites for hydroxylation is 1. The fraction of sp³-hybridized carbons (Fsp3) is 0.118. The SMILES string of the molecule is COc1cc(Cl)c(C)cc1NC(=O)C=Cc1ccc([N+](=O)[O-])cc1. The lowest BCUT2D eigenvalue weighted by Gasteiger charge is -2.11. The van der Waals surface area contributed by atoms with Gasteiger partial charge in [0, 0.05) is 29.3 Å². The molecule has 0 unspecified atom stereocenters. The van der Waals surface area contributed by atoms with Gasteiger partial charge in [0.05, 0.1) is 17.7 Å². The molecule has 2 aromatic carbocycles. The summed E-state index contributed by atoms with van der Waals surface area (Å²) in [6.07, 6.45) is 2.90. The summed E-state index contributed by atoms with van der Waals surface area (Å²) >= 11 is 6.02. The van der Waals surface area contributed by atoms with Crippen molar-refractivity contribution in [2.24, 2.45) is 0 Å². The van der Waals surface area contributed by atoms with Crippen molar-refractivity contribution >= 4 is 35.0 Å². The average molecular weight is 347 g/mol. The molecule has 0 bridgehead atoms. The number of rotatable bonds is 5. The maximum atomic E-state index is 12.0. The van der Waals surface area contributed by atoms with E-state index in [1.54, 1.807) is 30.3 Å². The summed E-state index contributed by atoms with van der Waals surface area (Å²) in [5, 5.41) is 13.9. The van der Waals surface area contributed by atoms with Crippen LogP contribution in [0.5, 0.6) is 5.75 Å². The summed E-state index contributed by atoms with van der Waals surface area (Å²) in [5.74, 6) is 0.107. The molecule has 0 heterocycles. The van der Waals surface area contributed by atoms with Crippen molar-refractivity contribution < 1.29 is 14.5 Å². The number of methoxy groups -OCH3 is 1. The van der Waals surface area contributed by atoms with Gasteiger partial charge in [0.1, 0.15) is 5.75 Å². The molecule has 0 saturated carbocycles. The minimum absolute atomic E-state index is 0.00187. The van der Waals surface area contributed by atoms with Crippen molar-refractivity contribution in [3.05, 3.63) is 68.7 Å². The second kappa shape index (κ2) is 7.61. The van der Waals surface area contributed by atoms with E-state index in [9.17, 15) is 14.9 Å². The highest BCUT2D eigenvalue weighted by atomic mass is 35.5. The van der Waals surface area contributed by atoms with Gasteiger partial charge in [-0.05, 0) is 42.3 Å². The molecular weight excluding hydrogens is 332 g/mol. The molecule has 0 spiro atoms. The Bertz CT molecular complexity index is 801. The Morgan fingerprint density at radius 1 is 1.29 bits per heavy atom. The standard InChI is InChI=1S/C17H15ClN2O4/c1-11-9-15(16(24-2)10-14(11)18)19-17(21)8-5-12-3-6-13(7-4-12)20(22)23/h3-10H,1-2H3,(H,19,21). The highest BCUT2D eigenvalue weighted by Crippen LogP contribution is 2.30. The maximum Gasteiger partial charge on any atom is 0.269 e. The summed E-state index contributed by atoms with van der Waals surface area (Å²) in [5.41, 5.74) is 2.00. The molecule has 124 valence electrons. The number of nitro benzene ring substituents is 1. The van der Waals surface area contributed by atoms with Crippen LogP contribution in [-0.2, 0) is 4.79 Å². The topological polar surface area (TPSA) is 81.5 Å². The van der Waals surface area contributed by atoms with Crippen LogP contribution in [0.25, 0.3) is 6.08 Å². The molecule has 0 radical (unpaired) electrons. The number of carbonyl (C=O) groups excluding carboxylic acids is 1. The summed E-state index contributed by atoms with van der Waals surface area (Å²) < 4.78 is 5.19. The van der Waals surface area contributed by atoms with Crippen molar-refractivity contribution in [3.63, 3.8) is 0 Å². The predicted molar refractivity (Wildman–Crippen MR) is 93.5 cm³/mol. The number of amides is 1. The third-order valence-electron chi connectivity index (χ3n) is 3.27. The lowest BCUT2D eigenvalue weighted by Crippen LogP contribution is -2.09. The maximum absolute atomic E-state index is 12.0. The van der Waals surface area contributed by atoms with Crippen molar-refractivity contribution in [3.8, 4) is 5.75 Å². The number of anilines is 1. The first-order chi connectivity index (χ1) is 11.4. The third-order valence-corrected chi connectivity index (χ3v) is 3.68. The van der Waals surface area contributed by atoms with E-state index in [4.69, 9.17) is 16.3 Å². The predicted octanol–water partition coefficient (Wildman–Crippen LogP) is 4.22. The zero-order chi connectivity index (χ0) is 17.7. The van der Waals surface area contributed by atoms with E-state index < -0.39 is 4.92 Å². The number of carbonyl (C=O) groups is 1. The number of nitrogens with one attached hydrogen (secondary N) is 1. The zero-order valence-corrected chi connectivity index (χ0v) is 13.8. The molecule has 2 aromatic rings. The number of nitrogens with zero attached hydrogens (tertiary/aromatic N) is 1. The van der Waals surface area contributed by atoms with Gasteiger partial charge in [0.15, 0.2) is 0 Å². The molecule has 0 atom stereocenters. The van der Waals surface area contributed by atoms with Gasteiger partial charge in [-0.25, -0.2) is 0 Å². The monoisotopic (exact) mass is 346 g/mol. The smallest absolute Gasteiger partial charge is 0.269 e. The van der Waals surface area contributed by atoms with Crippen LogP contribution in [0.2, 0.25) is 5.02 Å². The molecule has 2 rings (SSSR count). The third kappa shape index (κ3) is 4.33. The largest absolute Gasteiger partial charge is 0.495 e. The minimum Gasteiger partial charge on any atom is -0.495 e. The van der Waals surface area contributed by atoms with Gasteiger partial charge in [-0.3, -0.25) is 14.9 Å². The molecule has 24 heavy (non-hydrogen) atoms. The number of hydrogen-bond acceptors (Lipinski definition) is 4. The lowest BCUT2D eigenvalue weighted by atomic mass is 10.2. The number of benzene rings is 2. The minimum atomic E-state index is -0.477. The van der Waals surface area contributed by atoms with Crippen LogP contribution in [-0.4, -0.2) is 17.9 Å². The highest BCUT2D eigenvalue weighted by molar-refractivity contribution is 6.31. The van der Waals surface area contributed by atoms with Gasteiger partial charge < -0.3 is 10.1 Å². The van der Waals surface area contributed by atoms with Gasteiger partial charge in [0.25, 0.3) is 5.69 Å². The van der Waals surface area contributed by atoms with Crippen LogP contribution in [0.15, 0.2) is 42.5 Å². The summed E-state index contributed by atoms with van der Waals surface area (Å²) in [7, 11) is 1.49. The molecule has 1 amide bonds. The molecule has 7 heteroatoms. The molecule has 6 nitrogen and oxygen atoms in total. The average Bonchev–Trinajstić information content (AvgIpc) is 2.56. The fourth-order valence-corrected chi connectivity index (χ4v) is 2.14. The number of non-ortho nitro benzene ring substituents is 1. The summed E-state index contributed by atoms with van der Waals surface area (Å²) in [6, 6.07) is 9.24. The number of halogens is 1. The van der Waals surface area contributed by atoms with Gasteiger partial charge in [-0.2, -0.15) is 0 Å². The fourth-order valence-electron chi connectivity index (χ4n) is 1.98. The van der Waals surface area contributed by atoms with Gasteiger partial charge in [-0.1, -0.05) is 11.6 Å². The summed E-state index contributed by atoms with van der Waals surface area (Å²) in [4.78, 5) is 22.1. The molecular formula is C17H15ClN2O4. The van der Waals surface area contributed by atoms with Gasteiger partial charge >= 0.3 is 0 Å². The molecule has 0 aliphatic carbocycles. The Kier molecular flexibility index (Phi) is 5.55. The van der Waals surface area contributed by atoms with Crippen LogP contribution < -0.4 is 10.1 Å². The summed E-state index contributed by atoms with van der Waals surface area (Å²) in [6.45, 7) is 1.82. The van der Waals surface area contributed by atoms with Crippen LogP contribution in [0.3, 0.4) is 0 Å². The van der Waals surface area contributed by atoms with Crippen molar-refractivity contribution in [1.82, 2.24) is 0 Å². The first-order valence-electron chi connectivity index (χ1n) is 6.98. The van der Waals surface area contributed by atoms with Crippen LogP contribution in [0.1, 0.15) is 11.1 Å². The first-order valence-corrected chi connectivity index (χ1v) is 7.36. The molecule has 0 aliphatic heterocycles. The van der Waals surface area contributed by atoms with E-state index in [1.807, 2.05) is 6.92 Å². The molecule has 0 saturated heterocycles. The zero-order valence-electron chi connectivity index (χ0n) is 13.1. The van der Waals surface area contributed by atoms with E-state index in [0.29, 0.717) is 22.0 Å². The normalized spacial score (nSPS) is 10.6. The number of hydrogen-bond donors (Lipinski definition) is 1. The van der Waals surface area contributed by atoms with Crippen LogP contribution in [0.4, 0.5) is 11.4 Å². The molecule has 0 fully saturated rings. The Morgan fingerprint density at radius 3 is 2.54 bits per heavy atom. The Hall–Kier alpha value is -2.86. The first kappa shape index (κ1) is 17.5. The van der Waals surface area contributed by atoms with Crippen molar-refractivity contribution in [2.75, 3.05) is 12.4 Å². The Morgan fingerprint density at radius 2 is 1.96 bits per heavy atom.